The molecule has 126 valence electrons. The average Bonchev–Trinajstić information content (AvgIpc) is 3.11. The lowest BCUT2D eigenvalue weighted by Gasteiger charge is -2.30. The number of benzene rings is 1. The summed E-state index contributed by atoms with van der Waals surface area (Å²) in [6.45, 7) is 1.37. The number of hydrogen-bond acceptors (Lipinski definition) is 7. The highest BCUT2D eigenvalue weighted by atomic mass is 16.7. The van der Waals surface area contributed by atoms with Crippen molar-refractivity contribution >= 4 is 23.5 Å². The molecule has 1 aromatic carbocycles. The number of carbonyl (C=O) groups excluding carboxylic acids is 3. The third-order valence-corrected chi connectivity index (χ3v) is 4.62. The summed E-state index contributed by atoms with van der Waals surface area (Å²) >= 11 is 0. The van der Waals surface area contributed by atoms with Crippen LogP contribution in [0.5, 0.6) is 0 Å². The number of morpholine rings is 1. The van der Waals surface area contributed by atoms with Crippen LogP contribution in [0.3, 0.4) is 0 Å². The topological polar surface area (TPSA) is 85.4 Å². The summed E-state index contributed by atoms with van der Waals surface area (Å²) in [5.41, 5.74) is 0.388. The minimum atomic E-state index is -0.866. The third kappa shape index (κ3) is 2.07. The van der Waals surface area contributed by atoms with Crippen molar-refractivity contribution in [3.05, 3.63) is 29.8 Å². The second kappa shape index (κ2) is 5.66. The van der Waals surface area contributed by atoms with E-state index in [9.17, 15) is 14.4 Å². The first-order valence-corrected chi connectivity index (χ1v) is 7.70. The van der Waals surface area contributed by atoms with E-state index in [1.165, 1.54) is 13.2 Å². The van der Waals surface area contributed by atoms with Gasteiger partial charge in [0.25, 0.3) is 5.91 Å². The highest BCUT2D eigenvalue weighted by Crippen LogP contribution is 2.39. The molecule has 0 bridgehead atoms. The Morgan fingerprint density at radius 1 is 1.25 bits per heavy atom. The van der Waals surface area contributed by atoms with Gasteiger partial charge in [-0.2, -0.15) is 5.06 Å². The van der Waals surface area contributed by atoms with Gasteiger partial charge in [-0.3, -0.25) is 14.4 Å². The molecule has 24 heavy (non-hydrogen) atoms. The van der Waals surface area contributed by atoms with E-state index in [0.29, 0.717) is 19.8 Å². The molecule has 3 aliphatic heterocycles. The van der Waals surface area contributed by atoms with Crippen LogP contribution < -0.4 is 4.90 Å². The molecule has 8 nitrogen and oxygen atoms in total. The lowest BCUT2D eigenvalue weighted by atomic mass is 9.97. The first-order chi connectivity index (χ1) is 11.6. The molecule has 3 atom stereocenters. The van der Waals surface area contributed by atoms with Crippen LogP contribution >= 0.6 is 0 Å². The first kappa shape index (κ1) is 15.3. The summed E-state index contributed by atoms with van der Waals surface area (Å²) in [6.07, 6.45) is -0.866. The smallest absolute Gasteiger partial charge is 0.339 e. The van der Waals surface area contributed by atoms with Crippen molar-refractivity contribution in [1.82, 2.24) is 5.06 Å². The van der Waals surface area contributed by atoms with Crippen molar-refractivity contribution in [1.29, 1.82) is 0 Å². The molecule has 0 N–H and O–H groups in total. The van der Waals surface area contributed by atoms with Gasteiger partial charge in [0.05, 0.1) is 43.5 Å². The van der Waals surface area contributed by atoms with E-state index < -0.39 is 23.9 Å². The molecule has 0 aliphatic carbocycles. The molecule has 0 radical (unpaired) electrons. The number of esters is 1. The zero-order chi connectivity index (χ0) is 16.8. The summed E-state index contributed by atoms with van der Waals surface area (Å²) in [7, 11) is 1.25. The van der Waals surface area contributed by atoms with Crippen molar-refractivity contribution < 1.29 is 28.7 Å². The zero-order valence-corrected chi connectivity index (χ0v) is 13.0. The molecule has 3 fully saturated rings. The summed E-state index contributed by atoms with van der Waals surface area (Å²) in [5.74, 6) is -2.06. The van der Waals surface area contributed by atoms with Crippen LogP contribution in [-0.4, -0.2) is 61.9 Å². The van der Waals surface area contributed by atoms with Crippen LogP contribution in [-0.2, 0) is 23.9 Å². The monoisotopic (exact) mass is 332 g/mol. The lowest BCUT2D eigenvalue weighted by molar-refractivity contribution is -0.197. The number of hydrogen-bond donors (Lipinski definition) is 0. The number of rotatable bonds is 2. The molecule has 0 aromatic heterocycles. The normalized spacial score (nSPS) is 29.5. The number of nitrogens with zero attached hydrogens (tertiary/aromatic N) is 2. The Bertz CT molecular complexity index is 720. The molecule has 8 heteroatoms. The highest BCUT2D eigenvalue weighted by Gasteiger charge is 2.60. The second-order valence-electron chi connectivity index (χ2n) is 5.86. The van der Waals surface area contributed by atoms with Crippen molar-refractivity contribution in [2.75, 3.05) is 31.8 Å². The number of amides is 2. The summed E-state index contributed by atoms with van der Waals surface area (Å²) in [4.78, 5) is 44.3. The number of imide groups is 1. The maximum absolute atomic E-state index is 12.9. The van der Waals surface area contributed by atoms with E-state index >= 15 is 0 Å². The van der Waals surface area contributed by atoms with Gasteiger partial charge in [-0.05, 0) is 12.1 Å². The third-order valence-electron chi connectivity index (χ3n) is 4.62. The number of hydroxylamine groups is 2. The van der Waals surface area contributed by atoms with Crippen molar-refractivity contribution in [2.45, 2.75) is 12.1 Å². The van der Waals surface area contributed by atoms with Gasteiger partial charge in [0.2, 0.25) is 5.91 Å². The van der Waals surface area contributed by atoms with Crippen molar-refractivity contribution in [2.24, 2.45) is 5.92 Å². The molecule has 0 unspecified atom stereocenters. The summed E-state index contributed by atoms with van der Waals surface area (Å²) in [5, 5.41) is 1.66. The van der Waals surface area contributed by atoms with Gasteiger partial charge in [-0.1, -0.05) is 12.1 Å². The maximum Gasteiger partial charge on any atom is 0.339 e. The number of methoxy groups -OCH3 is 1. The molecule has 0 saturated carbocycles. The van der Waals surface area contributed by atoms with Crippen LogP contribution in [0.25, 0.3) is 0 Å². The van der Waals surface area contributed by atoms with Crippen molar-refractivity contribution in [3.63, 3.8) is 0 Å². The van der Waals surface area contributed by atoms with Crippen LogP contribution in [0.4, 0.5) is 5.69 Å². The van der Waals surface area contributed by atoms with Crippen LogP contribution in [0.15, 0.2) is 24.3 Å². The van der Waals surface area contributed by atoms with E-state index in [0.717, 1.165) is 4.90 Å². The highest BCUT2D eigenvalue weighted by molar-refractivity contribution is 6.25. The Morgan fingerprint density at radius 2 is 2.04 bits per heavy atom. The minimum absolute atomic E-state index is 0.165. The predicted molar refractivity (Wildman–Crippen MR) is 80.0 cm³/mol. The largest absolute Gasteiger partial charge is 0.465 e. The number of carbonyl (C=O) groups is 3. The average molecular weight is 332 g/mol. The Balaban J connectivity index is 1.71. The molecular formula is C16H16N2O6. The lowest BCUT2D eigenvalue weighted by Crippen LogP contribution is -2.47. The first-order valence-electron chi connectivity index (χ1n) is 7.70. The number of anilines is 1. The van der Waals surface area contributed by atoms with Gasteiger partial charge in [0.1, 0.15) is 0 Å². The Morgan fingerprint density at radius 3 is 2.83 bits per heavy atom. The van der Waals surface area contributed by atoms with E-state index in [1.807, 2.05) is 0 Å². The number of ether oxygens (including phenoxy) is 2. The number of para-hydroxylation sites is 1. The van der Waals surface area contributed by atoms with E-state index in [2.05, 4.69) is 0 Å². The standard InChI is InChI=1S/C16H16N2O6/c1-22-16(21)9-4-2-3-5-10(9)18-14(19)12-11-8-23-7-6-17(11)24-13(12)15(18)20/h2-5,11-13H,6-8H2,1H3/t11-,12-,13+/m0/s1. The van der Waals surface area contributed by atoms with Gasteiger partial charge in [-0.25, -0.2) is 9.69 Å². The van der Waals surface area contributed by atoms with E-state index in [1.54, 1.807) is 23.3 Å². The molecule has 3 saturated heterocycles. The van der Waals surface area contributed by atoms with Crippen LogP contribution in [0, 0.1) is 5.92 Å². The fourth-order valence-electron chi connectivity index (χ4n) is 3.50. The number of fused-ring (bicyclic) bond motifs is 3. The van der Waals surface area contributed by atoms with Gasteiger partial charge in [-0.15, -0.1) is 0 Å². The molecule has 3 aliphatic rings. The Hall–Kier alpha value is -2.29. The van der Waals surface area contributed by atoms with Crippen molar-refractivity contribution in [3.8, 4) is 0 Å². The fourth-order valence-corrected chi connectivity index (χ4v) is 3.50. The zero-order valence-electron chi connectivity index (χ0n) is 13.0. The van der Waals surface area contributed by atoms with Crippen LogP contribution in [0.2, 0.25) is 0 Å². The van der Waals surface area contributed by atoms with E-state index in [4.69, 9.17) is 14.3 Å². The fraction of sp³-hybridized carbons (Fsp3) is 0.438. The molecule has 3 heterocycles. The molecule has 0 spiro atoms. The molecule has 1 aromatic rings. The Kier molecular flexibility index (Phi) is 3.60. The quantitative estimate of drug-likeness (QED) is 0.556. The minimum Gasteiger partial charge on any atom is -0.465 e. The molecular weight excluding hydrogens is 316 g/mol. The SMILES string of the molecule is COC(=O)c1ccccc1N1C(=O)[C@@H]2[C@@H](ON3CCOC[C@@H]23)C1=O. The predicted octanol–water partition coefficient (Wildman–Crippen LogP) is -0.0228. The summed E-state index contributed by atoms with van der Waals surface area (Å²) in [6, 6.07) is 6.10. The second-order valence-corrected chi connectivity index (χ2v) is 5.86. The van der Waals surface area contributed by atoms with Gasteiger partial charge >= 0.3 is 5.97 Å². The van der Waals surface area contributed by atoms with Gasteiger partial charge in [0.15, 0.2) is 6.10 Å². The maximum atomic E-state index is 12.9. The molecule has 2 amide bonds. The Labute approximate surface area is 137 Å². The van der Waals surface area contributed by atoms with Crippen LogP contribution in [0.1, 0.15) is 10.4 Å². The van der Waals surface area contributed by atoms with E-state index in [-0.39, 0.29) is 23.2 Å². The summed E-state index contributed by atoms with van der Waals surface area (Å²) < 4.78 is 10.2. The van der Waals surface area contributed by atoms with Gasteiger partial charge in [0, 0.05) is 6.54 Å². The van der Waals surface area contributed by atoms with Gasteiger partial charge < -0.3 is 9.47 Å². The molecule has 4 rings (SSSR count).